The Labute approximate surface area is 425 Å². The predicted octanol–water partition coefficient (Wildman–Crippen LogP) is 16.7. The first-order valence-electron chi connectivity index (χ1n) is 28.1. The van der Waals surface area contributed by atoms with E-state index in [1.807, 2.05) is 21.1 Å². The summed E-state index contributed by atoms with van der Waals surface area (Å²) in [5, 5.41) is 0. The van der Waals surface area contributed by atoms with Crippen molar-refractivity contribution in [2.75, 3.05) is 47.5 Å². The van der Waals surface area contributed by atoms with Crippen LogP contribution in [0.3, 0.4) is 0 Å². The van der Waals surface area contributed by atoms with Crippen LogP contribution < -0.4 is 4.89 Å². The number of carbonyl (C=O) groups excluding carboxylic acids is 2. The number of unbranched alkanes of at least 4 members (excludes halogenated alkanes) is 25. The lowest BCUT2D eigenvalue weighted by atomic mass is 10.0. The summed E-state index contributed by atoms with van der Waals surface area (Å²) >= 11 is 0. The Morgan fingerprint density at radius 3 is 1.23 bits per heavy atom. The molecule has 2 unspecified atom stereocenters. The summed E-state index contributed by atoms with van der Waals surface area (Å²) in [4.78, 5) is 37.8. The predicted molar refractivity (Wildman–Crippen MR) is 291 cm³/mol. The van der Waals surface area contributed by atoms with Crippen LogP contribution in [0.4, 0.5) is 0 Å². The van der Waals surface area contributed by atoms with Crippen molar-refractivity contribution in [1.29, 1.82) is 0 Å². The molecule has 0 saturated heterocycles. The number of likely N-dealkylation sites (N-methyl/N-ethyl adjacent to an activating group) is 1. The topological polar surface area (TPSA) is 111 Å². The van der Waals surface area contributed by atoms with Crippen LogP contribution in [-0.2, 0) is 32.7 Å². The summed E-state index contributed by atoms with van der Waals surface area (Å²) < 4.78 is 34.1. The van der Waals surface area contributed by atoms with E-state index in [1.165, 1.54) is 109 Å². The molecule has 0 radical (unpaired) electrons. The number of phosphoric ester groups is 1. The maximum atomic E-state index is 12.8. The van der Waals surface area contributed by atoms with Crippen molar-refractivity contribution in [2.24, 2.45) is 0 Å². The van der Waals surface area contributed by atoms with E-state index in [0.717, 1.165) is 96.3 Å². The molecule has 0 fully saturated rings. The summed E-state index contributed by atoms with van der Waals surface area (Å²) in [5.41, 5.74) is 0. The number of esters is 2. The highest BCUT2D eigenvalue weighted by Gasteiger charge is 2.21. The van der Waals surface area contributed by atoms with Gasteiger partial charge in [0.25, 0.3) is 7.82 Å². The zero-order valence-electron chi connectivity index (χ0n) is 45.2. The van der Waals surface area contributed by atoms with Gasteiger partial charge in [-0.3, -0.25) is 14.2 Å². The molecule has 0 heterocycles. The Kier molecular flexibility index (Phi) is 48.5. The molecule has 0 aromatic carbocycles. The number of phosphoric acid groups is 1. The highest BCUT2D eigenvalue weighted by Crippen LogP contribution is 2.38. The molecular weight excluding hydrogens is 882 g/mol. The number of hydrogen-bond donors (Lipinski definition) is 0. The smallest absolute Gasteiger partial charge is 0.306 e. The van der Waals surface area contributed by atoms with E-state index >= 15 is 0 Å². The van der Waals surface area contributed by atoms with E-state index in [-0.39, 0.29) is 32.0 Å². The molecule has 0 bridgehead atoms. The fraction of sp³-hybridized carbons (Fsp3) is 0.763. The highest BCUT2D eigenvalue weighted by molar-refractivity contribution is 7.45. The Morgan fingerprint density at radius 1 is 0.464 bits per heavy atom. The number of hydrogen-bond acceptors (Lipinski definition) is 8. The van der Waals surface area contributed by atoms with E-state index < -0.39 is 26.5 Å². The maximum Gasteiger partial charge on any atom is 0.306 e. The van der Waals surface area contributed by atoms with Crippen LogP contribution in [-0.4, -0.2) is 70.0 Å². The van der Waals surface area contributed by atoms with Crippen LogP contribution in [0.15, 0.2) is 72.9 Å². The Hall–Kier alpha value is -2.55. The second-order valence-electron chi connectivity index (χ2n) is 19.9. The molecule has 69 heavy (non-hydrogen) atoms. The summed E-state index contributed by atoms with van der Waals surface area (Å²) in [6, 6.07) is 0. The molecule has 2 atom stereocenters. The molecule has 0 rings (SSSR count). The Bertz CT molecular complexity index is 1400. The first-order valence-corrected chi connectivity index (χ1v) is 29.6. The first-order chi connectivity index (χ1) is 33.5. The second-order valence-corrected chi connectivity index (χ2v) is 21.3. The van der Waals surface area contributed by atoms with Gasteiger partial charge in [-0.25, -0.2) is 0 Å². The zero-order chi connectivity index (χ0) is 50.6. The molecule has 0 aliphatic rings. The number of rotatable bonds is 51. The molecular formula is C59H106NO8P. The summed E-state index contributed by atoms with van der Waals surface area (Å²) in [5.74, 6) is -0.846. The maximum absolute atomic E-state index is 12.8. The van der Waals surface area contributed by atoms with Gasteiger partial charge in [-0.2, -0.15) is 0 Å². The van der Waals surface area contributed by atoms with E-state index in [1.54, 1.807) is 0 Å². The summed E-state index contributed by atoms with van der Waals surface area (Å²) in [6.45, 7) is 4.13. The van der Waals surface area contributed by atoms with Crippen molar-refractivity contribution < 1.29 is 42.1 Å². The average Bonchev–Trinajstić information content (AvgIpc) is 3.31. The van der Waals surface area contributed by atoms with Gasteiger partial charge in [-0.05, 0) is 64.2 Å². The number of ether oxygens (including phenoxy) is 2. The third-order valence-electron chi connectivity index (χ3n) is 12.0. The van der Waals surface area contributed by atoms with Crippen molar-refractivity contribution in [3.63, 3.8) is 0 Å². The van der Waals surface area contributed by atoms with Crippen LogP contribution >= 0.6 is 7.82 Å². The molecule has 0 aliphatic carbocycles. The van der Waals surface area contributed by atoms with Gasteiger partial charge in [0.05, 0.1) is 27.7 Å². The molecule has 0 N–H and O–H groups in total. The van der Waals surface area contributed by atoms with Crippen LogP contribution in [0.1, 0.15) is 239 Å². The van der Waals surface area contributed by atoms with E-state index in [4.69, 9.17) is 18.5 Å². The molecule has 400 valence electrons. The first kappa shape index (κ1) is 66.5. The van der Waals surface area contributed by atoms with Crippen LogP contribution in [0.5, 0.6) is 0 Å². The molecule has 0 aliphatic heterocycles. The van der Waals surface area contributed by atoms with Crippen molar-refractivity contribution in [2.45, 2.75) is 245 Å². The molecule has 10 heteroatoms. The molecule has 0 saturated carbocycles. The van der Waals surface area contributed by atoms with Gasteiger partial charge >= 0.3 is 11.9 Å². The standard InChI is InChI=1S/C59H106NO8P/c1-6-8-10-12-14-16-18-20-22-24-26-28-29-30-31-32-34-36-38-40-42-44-46-48-50-52-59(62)68-57(56-67-69(63,64)66-54-53-60(3,4)5)55-65-58(61)51-49-47-45-43-41-39-37-35-33-27-25-23-21-19-17-15-13-11-9-7-2/h8,10,14,16,20,22,26,28,30-31,34,36,57H,6-7,9,11-13,15,17-19,21,23-25,27,29,32-33,35,37-56H2,1-5H3/b10-8-,16-14-,22-20-,28-26-,31-30-,36-34-. The van der Waals surface area contributed by atoms with Gasteiger partial charge in [0, 0.05) is 12.8 Å². The quantitative estimate of drug-likeness (QED) is 0.0195. The fourth-order valence-corrected chi connectivity index (χ4v) is 8.39. The normalized spacial score (nSPS) is 13.9. The molecule has 0 amide bonds. The Morgan fingerprint density at radius 2 is 0.826 bits per heavy atom. The zero-order valence-corrected chi connectivity index (χ0v) is 46.1. The van der Waals surface area contributed by atoms with Gasteiger partial charge < -0.3 is 27.9 Å². The van der Waals surface area contributed by atoms with Crippen molar-refractivity contribution in [1.82, 2.24) is 0 Å². The van der Waals surface area contributed by atoms with Crippen molar-refractivity contribution in [3.8, 4) is 0 Å². The molecule has 0 spiro atoms. The SMILES string of the molecule is CC/C=C\C/C=C\C/C=C\C/C=C\C/C=C\C/C=C\CCCCCCCCC(=O)OC(COC(=O)CCCCCCCCCCCCCCCCCCCCCC)COP(=O)([O-])OCC[N+](C)(C)C. The minimum atomic E-state index is -4.64. The largest absolute Gasteiger partial charge is 0.756 e. The number of carbonyl (C=O) groups is 2. The second kappa shape index (κ2) is 50.4. The van der Waals surface area contributed by atoms with Gasteiger partial charge in [-0.1, -0.05) is 234 Å². The summed E-state index contributed by atoms with van der Waals surface area (Å²) in [7, 11) is 1.15. The number of quaternary nitrogens is 1. The minimum absolute atomic E-state index is 0.0360. The average molecular weight is 988 g/mol. The summed E-state index contributed by atoms with van der Waals surface area (Å²) in [6.07, 6.45) is 65.1. The number of nitrogens with zero attached hydrogens (tertiary/aromatic N) is 1. The third-order valence-corrected chi connectivity index (χ3v) is 13.0. The molecule has 9 nitrogen and oxygen atoms in total. The van der Waals surface area contributed by atoms with Crippen LogP contribution in [0.2, 0.25) is 0 Å². The van der Waals surface area contributed by atoms with E-state index in [2.05, 4.69) is 86.8 Å². The lowest BCUT2D eigenvalue weighted by Crippen LogP contribution is -2.37. The monoisotopic (exact) mass is 988 g/mol. The lowest BCUT2D eigenvalue weighted by Gasteiger charge is -2.28. The van der Waals surface area contributed by atoms with Crippen molar-refractivity contribution >= 4 is 19.8 Å². The fourth-order valence-electron chi connectivity index (χ4n) is 7.66. The Balaban J connectivity index is 4.24. The molecule has 0 aromatic heterocycles. The third kappa shape index (κ3) is 54.6. The van der Waals surface area contributed by atoms with E-state index in [9.17, 15) is 19.0 Å². The molecule has 0 aromatic rings. The number of allylic oxidation sites excluding steroid dienone is 12. The van der Waals surface area contributed by atoms with Gasteiger partial charge in [-0.15, -0.1) is 0 Å². The van der Waals surface area contributed by atoms with Crippen LogP contribution in [0.25, 0.3) is 0 Å². The van der Waals surface area contributed by atoms with Crippen LogP contribution in [0, 0.1) is 0 Å². The van der Waals surface area contributed by atoms with Gasteiger partial charge in [0.1, 0.15) is 19.8 Å². The minimum Gasteiger partial charge on any atom is -0.756 e. The van der Waals surface area contributed by atoms with Gasteiger partial charge in [0.2, 0.25) is 0 Å². The van der Waals surface area contributed by atoms with Gasteiger partial charge in [0.15, 0.2) is 6.10 Å². The van der Waals surface area contributed by atoms with Crippen molar-refractivity contribution in [3.05, 3.63) is 72.9 Å². The lowest BCUT2D eigenvalue weighted by molar-refractivity contribution is -0.870. The van der Waals surface area contributed by atoms with E-state index in [0.29, 0.717) is 17.4 Å². The highest BCUT2D eigenvalue weighted by atomic mass is 31.2.